The lowest BCUT2D eigenvalue weighted by atomic mass is 10.1. The molecule has 0 aliphatic carbocycles. The Morgan fingerprint density at radius 2 is 2.07 bits per heavy atom. The average Bonchev–Trinajstić information content (AvgIpc) is 3.39. The number of carbonyl (C=O) groups is 2. The van der Waals surface area contributed by atoms with Gasteiger partial charge in [0.15, 0.2) is 10.8 Å². The van der Waals surface area contributed by atoms with Crippen LogP contribution in [0.3, 0.4) is 0 Å². The van der Waals surface area contributed by atoms with E-state index < -0.39 is 0 Å². The minimum Gasteiger partial charge on any atom is -0.347 e. The number of aromatic nitrogens is 3. The lowest BCUT2D eigenvalue weighted by molar-refractivity contribution is 0.0954. The van der Waals surface area contributed by atoms with Crippen LogP contribution in [0.1, 0.15) is 30.6 Å². The number of fused-ring (bicyclic) bond motifs is 1. The Bertz CT molecular complexity index is 1110. The molecule has 0 atom stereocenters. The predicted molar refractivity (Wildman–Crippen MR) is 106 cm³/mol. The standard InChI is InChI=1S/C18H15N5O2S2/c1-10-4-2-3-5-11(10)9-20-15(24)13-8-12-14(22-23-17(12)27-13)21-16(25)18-19-6-7-26-18/h2-8H,9H2,1H3,(H,20,24)(H2,21,22,23,25). The van der Waals surface area contributed by atoms with Crippen LogP contribution in [0.2, 0.25) is 0 Å². The smallest absolute Gasteiger partial charge is 0.285 e. The van der Waals surface area contributed by atoms with Crippen LogP contribution in [0.25, 0.3) is 10.2 Å². The van der Waals surface area contributed by atoms with Gasteiger partial charge in [0, 0.05) is 18.1 Å². The minimum atomic E-state index is -0.324. The van der Waals surface area contributed by atoms with Gasteiger partial charge in [-0.1, -0.05) is 24.3 Å². The van der Waals surface area contributed by atoms with Gasteiger partial charge in [-0.15, -0.1) is 22.7 Å². The summed E-state index contributed by atoms with van der Waals surface area (Å²) in [6.45, 7) is 2.47. The Morgan fingerprint density at radius 3 is 2.85 bits per heavy atom. The van der Waals surface area contributed by atoms with Gasteiger partial charge in [0.2, 0.25) is 0 Å². The zero-order valence-corrected chi connectivity index (χ0v) is 15.9. The van der Waals surface area contributed by atoms with Gasteiger partial charge >= 0.3 is 0 Å². The molecule has 27 heavy (non-hydrogen) atoms. The number of amides is 2. The molecule has 0 aliphatic heterocycles. The largest absolute Gasteiger partial charge is 0.347 e. The highest BCUT2D eigenvalue weighted by molar-refractivity contribution is 7.20. The molecule has 0 saturated heterocycles. The van der Waals surface area contributed by atoms with E-state index in [9.17, 15) is 9.59 Å². The third-order valence-electron chi connectivity index (χ3n) is 4.04. The molecule has 4 rings (SSSR count). The van der Waals surface area contributed by atoms with Crippen molar-refractivity contribution in [3.63, 3.8) is 0 Å². The molecule has 0 saturated carbocycles. The van der Waals surface area contributed by atoms with Crippen LogP contribution in [-0.2, 0) is 6.54 Å². The van der Waals surface area contributed by atoms with Crippen LogP contribution in [0.4, 0.5) is 5.82 Å². The molecule has 3 heterocycles. The number of benzene rings is 1. The summed E-state index contributed by atoms with van der Waals surface area (Å²) in [4.78, 5) is 29.9. The van der Waals surface area contributed by atoms with E-state index in [4.69, 9.17) is 0 Å². The molecule has 3 N–H and O–H groups in total. The van der Waals surface area contributed by atoms with Crippen molar-refractivity contribution >= 4 is 50.5 Å². The summed E-state index contributed by atoms with van der Waals surface area (Å²) in [5, 5.41) is 15.4. The van der Waals surface area contributed by atoms with Gasteiger partial charge < -0.3 is 10.6 Å². The fourth-order valence-electron chi connectivity index (χ4n) is 2.59. The number of aryl methyl sites for hydroxylation is 1. The SMILES string of the molecule is Cc1ccccc1CNC(=O)c1cc2c(NC(=O)c3nccs3)n[nH]c2s1. The number of nitrogens with one attached hydrogen (secondary N) is 3. The number of hydrogen-bond donors (Lipinski definition) is 3. The summed E-state index contributed by atoms with van der Waals surface area (Å²) in [6, 6.07) is 9.65. The van der Waals surface area contributed by atoms with Gasteiger partial charge in [-0.2, -0.15) is 5.10 Å². The first-order valence-electron chi connectivity index (χ1n) is 8.13. The molecule has 1 aromatic carbocycles. The van der Waals surface area contributed by atoms with Gasteiger partial charge in [0.1, 0.15) is 4.83 Å². The number of H-pyrrole nitrogens is 1. The molecule has 2 amide bonds. The summed E-state index contributed by atoms with van der Waals surface area (Å²) in [5.41, 5.74) is 2.21. The van der Waals surface area contributed by atoms with Gasteiger partial charge in [0.05, 0.1) is 10.3 Å². The third kappa shape index (κ3) is 3.60. The second kappa shape index (κ2) is 7.29. The molecule has 9 heteroatoms. The number of hydrogen-bond acceptors (Lipinski definition) is 6. The van der Waals surface area contributed by atoms with E-state index in [2.05, 4.69) is 25.8 Å². The zero-order chi connectivity index (χ0) is 18.8. The van der Waals surface area contributed by atoms with Crippen molar-refractivity contribution in [2.24, 2.45) is 0 Å². The van der Waals surface area contributed by atoms with Crippen LogP contribution in [0.15, 0.2) is 41.9 Å². The van der Waals surface area contributed by atoms with E-state index in [-0.39, 0.29) is 11.8 Å². The fourth-order valence-corrected chi connectivity index (χ4v) is 4.04. The summed E-state index contributed by atoms with van der Waals surface area (Å²) < 4.78 is 0. The number of nitrogens with zero attached hydrogens (tertiary/aromatic N) is 2. The average molecular weight is 397 g/mol. The molecular weight excluding hydrogens is 382 g/mol. The number of thiophene rings is 1. The van der Waals surface area contributed by atoms with Gasteiger partial charge in [-0.25, -0.2) is 4.98 Å². The first-order valence-corrected chi connectivity index (χ1v) is 9.83. The Hall–Kier alpha value is -3.04. The van der Waals surface area contributed by atoms with E-state index in [0.29, 0.717) is 27.6 Å². The van der Waals surface area contributed by atoms with Gasteiger partial charge in [-0.05, 0) is 24.1 Å². The zero-order valence-electron chi connectivity index (χ0n) is 14.3. The van der Waals surface area contributed by atoms with Crippen LogP contribution >= 0.6 is 22.7 Å². The van der Waals surface area contributed by atoms with Crippen molar-refractivity contribution in [3.05, 3.63) is 62.9 Å². The van der Waals surface area contributed by atoms with Crippen molar-refractivity contribution < 1.29 is 9.59 Å². The fraction of sp³-hybridized carbons (Fsp3) is 0.111. The summed E-state index contributed by atoms with van der Waals surface area (Å²) in [7, 11) is 0. The highest BCUT2D eigenvalue weighted by Gasteiger charge is 2.17. The van der Waals surface area contributed by atoms with E-state index in [1.165, 1.54) is 22.7 Å². The molecular formula is C18H15N5O2S2. The molecule has 0 fully saturated rings. The maximum absolute atomic E-state index is 12.5. The molecule has 0 aliphatic rings. The van der Waals surface area contributed by atoms with E-state index in [0.717, 1.165) is 16.0 Å². The molecule has 3 aromatic heterocycles. The first kappa shape index (κ1) is 17.4. The molecule has 0 bridgehead atoms. The Labute approximate surface area is 162 Å². The monoisotopic (exact) mass is 397 g/mol. The topological polar surface area (TPSA) is 99.8 Å². The van der Waals surface area contributed by atoms with Crippen molar-refractivity contribution in [1.29, 1.82) is 0 Å². The number of carbonyl (C=O) groups excluding carboxylic acids is 2. The molecule has 0 spiro atoms. The highest BCUT2D eigenvalue weighted by atomic mass is 32.1. The van der Waals surface area contributed by atoms with Crippen LogP contribution < -0.4 is 10.6 Å². The van der Waals surface area contributed by atoms with E-state index >= 15 is 0 Å². The predicted octanol–water partition coefficient (Wildman–Crippen LogP) is 3.57. The van der Waals surface area contributed by atoms with Crippen molar-refractivity contribution in [1.82, 2.24) is 20.5 Å². The number of thiazole rings is 1. The second-order valence-corrected chi connectivity index (χ2v) is 7.77. The molecule has 0 unspecified atom stereocenters. The summed E-state index contributed by atoms with van der Waals surface area (Å²) in [6.07, 6.45) is 1.57. The Morgan fingerprint density at radius 1 is 1.22 bits per heavy atom. The maximum atomic E-state index is 12.5. The quantitative estimate of drug-likeness (QED) is 0.479. The third-order valence-corrected chi connectivity index (χ3v) is 5.85. The summed E-state index contributed by atoms with van der Waals surface area (Å²) >= 11 is 2.55. The lowest BCUT2D eigenvalue weighted by Gasteiger charge is -2.06. The number of rotatable bonds is 5. The van der Waals surface area contributed by atoms with E-state index in [1.54, 1.807) is 17.6 Å². The highest BCUT2D eigenvalue weighted by Crippen LogP contribution is 2.29. The Balaban J connectivity index is 1.48. The number of anilines is 1. The minimum absolute atomic E-state index is 0.162. The lowest BCUT2D eigenvalue weighted by Crippen LogP contribution is -2.22. The maximum Gasteiger partial charge on any atom is 0.285 e. The van der Waals surface area contributed by atoms with Crippen molar-refractivity contribution in [2.75, 3.05) is 5.32 Å². The molecule has 7 nitrogen and oxygen atoms in total. The second-order valence-electron chi connectivity index (χ2n) is 5.83. The van der Waals surface area contributed by atoms with Gasteiger partial charge in [0.25, 0.3) is 11.8 Å². The van der Waals surface area contributed by atoms with Gasteiger partial charge in [-0.3, -0.25) is 14.7 Å². The van der Waals surface area contributed by atoms with Crippen LogP contribution in [0.5, 0.6) is 0 Å². The van der Waals surface area contributed by atoms with Crippen molar-refractivity contribution in [2.45, 2.75) is 13.5 Å². The molecule has 4 aromatic rings. The molecule has 0 radical (unpaired) electrons. The summed E-state index contributed by atoms with van der Waals surface area (Å²) in [5.74, 6) is -0.0976. The van der Waals surface area contributed by atoms with Crippen LogP contribution in [-0.4, -0.2) is 27.0 Å². The normalized spacial score (nSPS) is 10.9. The van der Waals surface area contributed by atoms with Crippen molar-refractivity contribution in [3.8, 4) is 0 Å². The molecule has 136 valence electrons. The first-order chi connectivity index (χ1) is 13.1. The van der Waals surface area contributed by atoms with E-state index in [1.807, 2.05) is 31.2 Å². The number of aromatic amines is 1. The Kier molecular flexibility index (Phi) is 4.69. The van der Waals surface area contributed by atoms with Crippen LogP contribution in [0, 0.1) is 6.92 Å².